The molecule has 0 saturated heterocycles. The monoisotopic (exact) mass is 272 g/mol. The van der Waals surface area contributed by atoms with Crippen molar-refractivity contribution in [2.45, 2.75) is 37.6 Å². The number of rotatable bonds is 3. The average Bonchev–Trinajstić information content (AvgIpc) is 2.74. The highest BCUT2D eigenvalue weighted by atomic mass is 35.5. The molecular weight excluding hydrogens is 252 g/mol. The van der Waals surface area contributed by atoms with E-state index in [-0.39, 0.29) is 23.9 Å². The third-order valence-corrected chi connectivity index (χ3v) is 3.39. The molecule has 5 nitrogen and oxygen atoms in total. The largest absolute Gasteiger partial charge is 0.349 e. The summed E-state index contributed by atoms with van der Waals surface area (Å²) < 4.78 is 1.76. The van der Waals surface area contributed by atoms with E-state index in [1.807, 2.05) is 7.05 Å². The fraction of sp³-hybridized carbons (Fsp3) is 0.667. The lowest BCUT2D eigenvalue weighted by Crippen LogP contribution is -2.51. The Kier molecular flexibility index (Phi) is 5.16. The quantitative estimate of drug-likeness (QED) is 0.869. The summed E-state index contributed by atoms with van der Waals surface area (Å²) in [6.45, 7) is 0.544. The summed E-state index contributed by atoms with van der Waals surface area (Å²) in [5, 5.41) is 2.88. The van der Waals surface area contributed by atoms with Crippen molar-refractivity contribution in [2.24, 2.45) is 12.8 Å². The van der Waals surface area contributed by atoms with Gasteiger partial charge in [-0.15, -0.1) is 12.4 Å². The van der Waals surface area contributed by atoms with Gasteiger partial charge in [0, 0.05) is 25.3 Å². The van der Waals surface area contributed by atoms with Crippen LogP contribution in [0.5, 0.6) is 0 Å². The van der Waals surface area contributed by atoms with Crippen molar-refractivity contribution in [1.82, 2.24) is 14.9 Å². The van der Waals surface area contributed by atoms with Gasteiger partial charge >= 0.3 is 0 Å². The first-order valence-corrected chi connectivity index (χ1v) is 6.14. The molecule has 1 heterocycles. The number of hydrogen-bond acceptors (Lipinski definition) is 3. The molecule has 2 rings (SSSR count). The molecule has 0 spiro atoms. The van der Waals surface area contributed by atoms with E-state index in [0.29, 0.717) is 12.2 Å². The molecule has 1 aromatic heterocycles. The molecule has 0 aliphatic heterocycles. The highest BCUT2D eigenvalue weighted by Crippen LogP contribution is 2.25. The van der Waals surface area contributed by atoms with Crippen LogP contribution in [0, 0.1) is 0 Å². The van der Waals surface area contributed by atoms with Crippen LogP contribution in [-0.4, -0.2) is 27.5 Å². The van der Waals surface area contributed by atoms with Gasteiger partial charge in [0.25, 0.3) is 5.91 Å². The lowest BCUT2D eigenvalue weighted by Gasteiger charge is -2.33. The van der Waals surface area contributed by atoms with Crippen LogP contribution in [0.3, 0.4) is 0 Å². The highest BCUT2D eigenvalue weighted by molar-refractivity contribution is 5.92. The highest BCUT2D eigenvalue weighted by Gasteiger charge is 2.27. The molecule has 102 valence electrons. The van der Waals surface area contributed by atoms with Gasteiger partial charge in [0.15, 0.2) is 0 Å². The Hall–Kier alpha value is -1.07. The summed E-state index contributed by atoms with van der Waals surface area (Å²) >= 11 is 0. The van der Waals surface area contributed by atoms with Crippen LogP contribution < -0.4 is 11.1 Å². The third-order valence-electron chi connectivity index (χ3n) is 3.39. The number of halogens is 1. The number of imidazole rings is 1. The maximum Gasteiger partial charge on any atom is 0.271 e. The van der Waals surface area contributed by atoms with Crippen LogP contribution in [0.1, 0.15) is 42.6 Å². The summed E-state index contributed by atoms with van der Waals surface area (Å²) in [4.78, 5) is 15.8. The molecule has 0 unspecified atom stereocenters. The maximum absolute atomic E-state index is 11.8. The first kappa shape index (κ1) is 15.0. The van der Waals surface area contributed by atoms with Crippen molar-refractivity contribution in [3.8, 4) is 0 Å². The normalized spacial score (nSPS) is 17.9. The van der Waals surface area contributed by atoms with E-state index in [0.717, 1.165) is 25.7 Å². The minimum absolute atomic E-state index is 0. The second kappa shape index (κ2) is 6.20. The first-order valence-electron chi connectivity index (χ1n) is 6.14. The topological polar surface area (TPSA) is 72.9 Å². The average molecular weight is 273 g/mol. The number of carbonyl (C=O) groups excluding carboxylic acids is 1. The molecule has 0 atom stereocenters. The number of amides is 1. The molecule has 1 fully saturated rings. The van der Waals surface area contributed by atoms with Crippen LogP contribution in [0.4, 0.5) is 0 Å². The molecule has 0 radical (unpaired) electrons. The molecule has 0 aromatic carbocycles. The Labute approximate surface area is 114 Å². The molecule has 1 aromatic rings. The molecule has 1 aliphatic rings. The standard InChI is InChI=1S/C12H20N4O.ClH/c1-16-7-10(15-9-16)11(17)14-8-12(13)5-3-2-4-6-12;/h7,9H,2-6,8,13H2,1H3,(H,14,17);1H. The Bertz CT molecular complexity index is 399. The van der Waals surface area contributed by atoms with Crippen LogP contribution in [0.2, 0.25) is 0 Å². The number of nitrogens with zero attached hydrogens (tertiary/aromatic N) is 2. The number of hydrogen-bond donors (Lipinski definition) is 2. The predicted octanol–water partition coefficient (Wildman–Crippen LogP) is 1.23. The second-order valence-corrected chi connectivity index (χ2v) is 5.03. The smallest absolute Gasteiger partial charge is 0.271 e. The number of nitrogens with two attached hydrogens (primary N) is 1. The van der Waals surface area contributed by atoms with Gasteiger partial charge in [-0.2, -0.15) is 0 Å². The summed E-state index contributed by atoms with van der Waals surface area (Å²) in [7, 11) is 1.84. The van der Waals surface area contributed by atoms with E-state index in [4.69, 9.17) is 5.73 Å². The fourth-order valence-electron chi connectivity index (χ4n) is 2.31. The maximum atomic E-state index is 11.8. The summed E-state index contributed by atoms with van der Waals surface area (Å²) in [5.41, 5.74) is 6.48. The van der Waals surface area contributed by atoms with Crippen molar-refractivity contribution in [1.29, 1.82) is 0 Å². The number of aryl methyl sites for hydroxylation is 1. The summed E-state index contributed by atoms with van der Waals surface area (Å²) in [5.74, 6) is -0.138. The Morgan fingerprint density at radius 1 is 1.50 bits per heavy atom. The summed E-state index contributed by atoms with van der Waals surface area (Å²) in [6.07, 6.45) is 8.90. The molecule has 0 bridgehead atoms. The zero-order chi connectivity index (χ0) is 12.3. The first-order chi connectivity index (χ1) is 8.09. The Balaban J connectivity index is 0.00000162. The number of nitrogens with one attached hydrogen (secondary N) is 1. The fourth-order valence-corrected chi connectivity index (χ4v) is 2.31. The van der Waals surface area contributed by atoms with Crippen LogP contribution in [-0.2, 0) is 7.05 Å². The Morgan fingerprint density at radius 2 is 2.17 bits per heavy atom. The molecule has 1 aliphatic carbocycles. The van der Waals surface area contributed by atoms with Crippen molar-refractivity contribution in [3.63, 3.8) is 0 Å². The van der Waals surface area contributed by atoms with Crippen molar-refractivity contribution in [3.05, 3.63) is 18.2 Å². The summed E-state index contributed by atoms with van der Waals surface area (Å²) in [6, 6.07) is 0. The van der Waals surface area contributed by atoms with Gasteiger partial charge < -0.3 is 15.6 Å². The number of aromatic nitrogens is 2. The van der Waals surface area contributed by atoms with E-state index in [1.165, 1.54) is 6.42 Å². The van der Waals surface area contributed by atoms with E-state index >= 15 is 0 Å². The SMILES string of the molecule is Cl.Cn1cnc(C(=O)NCC2(N)CCCCC2)c1. The van der Waals surface area contributed by atoms with E-state index in [2.05, 4.69) is 10.3 Å². The predicted molar refractivity (Wildman–Crippen MR) is 72.8 cm³/mol. The van der Waals surface area contributed by atoms with Gasteiger partial charge in [0.05, 0.1) is 6.33 Å². The lowest BCUT2D eigenvalue weighted by atomic mass is 9.82. The lowest BCUT2D eigenvalue weighted by molar-refractivity contribution is 0.0933. The Morgan fingerprint density at radius 3 is 2.72 bits per heavy atom. The molecule has 18 heavy (non-hydrogen) atoms. The number of carbonyl (C=O) groups is 1. The van der Waals surface area contributed by atoms with Gasteiger partial charge in [-0.25, -0.2) is 4.98 Å². The van der Waals surface area contributed by atoms with Crippen LogP contribution >= 0.6 is 12.4 Å². The van der Waals surface area contributed by atoms with Gasteiger partial charge in [-0.05, 0) is 12.8 Å². The minimum atomic E-state index is -0.220. The molecular formula is C12H21ClN4O. The zero-order valence-electron chi connectivity index (χ0n) is 10.7. The van der Waals surface area contributed by atoms with Crippen LogP contribution in [0.15, 0.2) is 12.5 Å². The molecule has 3 N–H and O–H groups in total. The van der Waals surface area contributed by atoms with Crippen LogP contribution in [0.25, 0.3) is 0 Å². The molecule has 1 amide bonds. The van der Waals surface area contributed by atoms with Crippen molar-refractivity contribution in [2.75, 3.05) is 6.54 Å². The second-order valence-electron chi connectivity index (χ2n) is 5.03. The van der Waals surface area contributed by atoms with E-state index in [9.17, 15) is 4.79 Å². The van der Waals surface area contributed by atoms with E-state index in [1.54, 1.807) is 17.1 Å². The van der Waals surface area contributed by atoms with Gasteiger partial charge in [-0.3, -0.25) is 4.79 Å². The van der Waals surface area contributed by atoms with Gasteiger partial charge in [0.2, 0.25) is 0 Å². The zero-order valence-corrected chi connectivity index (χ0v) is 11.5. The van der Waals surface area contributed by atoms with Crippen molar-refractivity contribution >= 4 is 18.3 Å². The van der Waals surface area contributed by atoms with Gasteiger partial charge in [0.1, 0.15) is 5.69 Å². The third kappa shape index (κ3) is 3.71. The molecule has 1 saturated carbocycles. The van der Waals surface area contributed by atoms with Gasteiger partial charge in [-0.1, -0.05) is 19.3 Å². The molecule has 6 heteroatoms. The minimum Gasteiger partial charge on any atom is -0.349 e. The van der Waals surface area contributed by atoms with Crippen molar-refractivity contribution < 1.29 is 4.79 Å². The van der Waals surface area contributed by atoms with E-state index < -0.39 is 0 Å².